The first kappa shape index (κ1) is 14.1. The molecule has 1 aromatic carbocycles. The van der Waals surface area contributed by atoms with E-state index in [4.69, 9.17) is 4.74 Å². The number of methoxy groups -OCH3 is 1. The number of thioether (sulfide) groups is 1. The zero-order valence-corrected chi connectivity index (χ0v) is 13.0. The Morgan fingerprint density at radius 3 is 2.81 bits per heavy atom. The van der Waals surface area contributed by atoms with Crippen molar-refractivity contribution in [1.82, 2.24) is 9.47 Å². The zero-order chi connectivity index (χ0) is 14.8. The highest BCUT2D eigenvalue weighted by molar-refractivity contribution is 7.99. The molecule has 1 unspecified atom stereocenters. The minimum atomic E-state index is 0.0312. The van der Waals surface area contributed by atoms with Crippen LogP contribution in [0, 0.1) is 0 Å². The number of benzene rings is 1. The van der Waals surface area contributed by atoms with E-state index in [0.29, 0.717) is 11.3 Å². The van der Waals surface area contributed by atoms with Crippen LogP contribution in [0.25, 0.3) is 0 Å². The second-order valence-corrected chi connectivity index (χ2v) is 6.15. The summed E-state index contributed by atoms with van der Waals surface area (Å²) in [6.07, 6.45) is 2.01. The predicted molar refractivity (Wildman–Crippen MR) is 84.6 cm³/mol. The highest BCUT2D eigenvalue weighted by Gasteiger charge is 2.33. The van der Waals surface area contributed by atoms with Gasteiger partial charge in [-0.05, 0) is 24.3 Å². The largest absolute Gasteiger partial charge is 0.496 e. The predicted octanol–water partition coefficient (Wildman–Crippen LogP) is 2.92. The molecule has 1 fully saturated rings. The minimum Gasteiger partial charge on any atom is -0.496 e. The van der Waals surface area contributed by atoms with Crippen LogP contribution in [0.4, 0.5) is 0 Å². The van der Waals surface area contributed by atoms with Crippen molar-refractivity contribution in [2.24, 2.45) is 7.05 Å². The molecule has 1 aromatic heterocycles. The van der Waals surface area contributed by atoms with E-state index in [0.717, 1.165) is 18.0 Å². The van der Waals surface area contributed by atoms with Crippen molar-refractivity contribution in [3.8, 4) is 5.75 Å². The van der Waals surface area contributed by atoms with Crippen molar-refractivity contribution in [3.05, 3.63) is 53.9 Å². The first-order valence-electron chi connectivity index (χ1n) is 6.89. The fraction of sp³-hybridized carbons (Fsp3) is 0.312. The third kappa shape index (κ3) is 2.53. The standard InChI is InChI=1S/C16H18N2O2S/c1-17-9-5-7-13(17)16-18(10-11-21-16)15(19)12-6-3-4-8-14(12)20-2/h3-9,16H,10-11H2,1-2H3. The van der Waals surface area contributed by atoms with Crippen LogP contribution in [0.5, 0.6) is 5.75 Å². The maximum atomic E-state index is 12.9. The van der Waals surface area contributed by atoms with E-state index < -0.39 is 0 Å². The summed E-state index contributed by atoms with van der Waals surface area (Å²) < 4.78 is 7.39. The first-order chi connectivity index (χ1) is 10.2. The Balaban J connectivity index is 1.92. The molecule has 0 aliphatic carbocycles. The summed E-state index contributed by atoms with van der Waals surface area (Å²) in [7, 11) is 3.61. The molecule has 1 saturated heterocycles. The van der Waals surface area contributed by atoms with E-state index in [1.54, 1.807) is 18.9 Å². The fourth-order valence-corrected chi connectivity index (χ4v) is 3.95. The fourth-order valence-electron chi connectivity index (χ4n) is 2.63. The number of amides is 1. The number of rotatable bonds is 3. The SMILES string of the molecule is COc1ccccc1C(=O)N1CCSC1c1cccn1C. The van der Waals surface area contributed by atoms with Crippen LogP contribution in [0.1, 0.15) is 21.4 Å². The number of ether oxygens (including phenoxy) is 1. The maximum absolute atomic E-state index is 12.9. The minimum absolute atomic E-state index is 0.0312. The van der Waals surface area contributed by atoms with Gasteiger partial charge in [-0.2, -0.15) is 0 Å². The van der Waals surface area contributed by atoms with Gasteiger partial charge in [-0.15, -0.1) is 11.8 Å². The van der Waals surface area contributed by atoms with Gasteiger partial charge in [0.05, 0.1) is 18.4 Å². The number of carbonyl (C=O) groups excluding carboxylic acids is 1. The zero-order valence-electron chi connectivity index (χ0n) is 12.2. The van der Waals surface area contributed by atoms with Gasteiger partial charge < -0.3 is 14.2 Å². The van der Waals surface area contributed by atoms with E-state index in [1.165, 1.54) is 0 Å². The van der Waals surface area contributed by atoms with Gasteiger partial charge in [-0.3, -0.25) is 4.79 Å². The molecule has 0 spiro atoms. The molecule has 110 valence electrons. The topological polar surface area (TPSA) is 34.5 Å². The molecule has 0 bridgehead atoms. The second kappa shape index (κ2) is 5.85. The van der Waals surface area contributed by atoms with E-state index in [2.05, 4.69) is 10.6 Å². The second-order valence-electron chi connectivity index (χ2n) is 4.97. The summed E-state index contributed by atoms with van der Waals surface area (Å²) in [4.78, 5) is 14.8. The highest BCUT2D eigenvalue weighted by Crippen LogP contribution is 2.39. The number of hydrogen-bond donors (Lipinski definition) is 0. The number of para-hydroxylation sites is 1. The Hall–Kier alpha value is -1.88. The van der Waals surface area contributed by atoms with Crippen LogP contribution in [-0.4, -0.2) is 34.8 Å². The summed E-state index contributed by atoms with van der Waals surface area (Å²) in [5.74, 6) is 1.62. The molecule has 3 rings (SSSR count). The number of nitrogens with zero attached hydrogens (tertiary/aromatic N) is 2. The van der Waals surface area contributed by atoms with E-state index in [9.17, 15) is 4.79 Å². The van der Waals surface area contributed by atoms with E-state index >= 15 is 0 Å². The Kier molecular flexibility index (Phi) is 3.92. The summed E-state index contributed by atoms with van der Waals surface area (Å²) in [6, 6.07) is 11.5. The smallest absolute Gasteiger partial charge is 0.258 e. The van der Waals surface area contributed by atoms with Crippen molar-refractivity contribution < 1.29 is 9.53 Å². The molecule has 0 saturated carbocycles. The van der Waals surface area contributed by atoms with Gasteiger partial charge >= 0.3 is 0 Å². The molecular formula is C16H18N2O2S. The molecular weight excluding hydrogens is 284 g/mol. The average Bonchev–Trinajstić information content (AvgIpc) is 3.14. The Morgan fingerprint density at radius 2 is 2.10 bits per heavy atom. The van der Waals surface area contributed by atoms with Crippen LogP contribution in [0.2, 0.25) is 0 Å². The lowest BCUT2D eigenvalue weighted by atomic mass is 10.1. The van der Waals surface area contributed by atoms with E-state index in [-0.39, 0.29) is 11.3 Å². The maximum Gasteiger partial charge on any atom is 0.258 e. The number of aromatic nitrogens is 1. The molecule has 1 aliphatic heterocycles. The Morgan fingerprint density at radius 1 is 1.29 bits per heavy atom. The van der Waals surface area contributed by atoms with Crippen LogP contribution >= 0.6 is 11.8 Å². The van der Waals surface area contributed by atoms with Gasteiger partial charge in [0.1, 0.15) is 11.1 Å². The van der Waals surface area contributed by atoms with Crippen molar-refractivity contribution in [1.29, 1.82) is 0 Å². The molecule has 5 heteroatoms. The number of aryl methyl sites for hydroxylation is 1. The van der Waals surface area contributed by atoms with Crippen LogP contribution < -0.4 is 4.74 Å². The third-order valence-electron chi connectivity index (χ3n) is 3.73. The van der Waals surface area contributed by atoms with E-state index in [1.807, 2.05) is 48.5 Å². The molecule has 1 atom stereocenters. The van der Waals surface area contributed by atoms with Gasteiger partial charge in [0, 0.05) is 25.5 Å². The number of hydrogen-bond acceptors (Lipinski definition) is 3. The van der Waals surface area contributed by atoms with Gasteiger partial charge in [0.2, 0.25) is 0 Å². The monoisotopic (exact) mass is 302 g/mol. The van der Waals surface area contributed by atoms with Crippen LogP contribution in [-0.2, 0) is 7.05 Å². The Labute approximate surface area is 128 Å². The van der Waals surface area contributed by atoms with Crippen molar-refractivity contribution in [2.75, 3.05) is 19.4 Å². The highest BCUT2D eigenvalue weighted by atomic mass is 32.2. The lowest BCUT2D eigenvalue weighted by Gasteiger charge is -2.25. The van der Waals surface area contributed by atoms with Crippen LogP contribution in [0.3, 0.4) is 0 Å². The molecule has 21 heavy (non-hydrogen) atoms. The molecule has 0 radical (unpaired) electrons. The quantitative estimate of drug-likeness (QED) is 0.874. The molecule has 1 aliphatic rings. The molecule has 1 amide bonds. The molecule has 0 N–H and O–H groups in total. The molecule has 2 aromatic rings. The van der Waals surface area contributed by atoms with Crippen LogP contribution in [0.15, 0.2) is 42.6 Å². The first-order valence-corrected chi connectivity index (χ1v) is 7.94. The van der Waals surface area contributed by atoms with Crippen molar-refractivity contribution in [2.45, 2.75) is 5.37 Å². The summed E-state index contributed by atoms with van der Waals surface area (Å²) in [5.41, 5.74) is 1.78. The number of carbonyl (C=O) groups is 1. The molecule has 4 nitrogen and oxygen atoms in total. The average molecular weight is 302 g/mol. The lowest BCUT2D eigenvalue weighted by Crippen LogP contribution is -2.31. The van der Waals surface area contributed by atoms with Gasteiger partial charge in [0.25, 0.3) is 5.91 Å². The van der Waals surface area contributed by atoms with Crippen molar-refractivity contribution in [3.63, 3.8) is 0 Å². The van der Waals surface area contributed by atoms with Crippen molar-refractivity contribution >= 4 is 17.7 Å². The van der Waals surface area contributed by atoms with Gasteiger partial charge in [-0.25, -0.2) is 0 Å². The summed E-state index contributed by atoms with van der Waals surface area (Å²) >= 11 is 1.80. The Bertz CT molecular complexity index is 653. The van der Waals surface area contributed by atoms with Gasteiger partial charge in [0.15, 0.2) is 0 Å². The normalized spacial score (nSPS) is 18.0. The molecule has 2 heterocycles. The van der Waals surface area contributed by atoms with Gasteiger partial charge in [-0.1, -0.05) is 12.1 Å². The lowest BCUT2D eigenvalue weighted by molar-refractivity contribution is 0.0754. The summed E-state index contributed by atoms with van der Waals surface area (Å²) in [6.45, 7) is 0.761. The summed E-state index contributed by atoms with van der Waals surface area (Å²) in [5, 5.41) is 0.0717. The third-order valence-corrected chi connectivity index (χ3v) is 4.96.